The van der Waals surface area contributed by atoms with Crippen molar-refractivity contribution in [3.63, 3.8) is 0 Å². The van der Waals surface area contributed by atoms with Crippen molar-refractivity contribution in [2.45, 2.75) is 38.3 Å². The van der Waals surface area contributed by atoms with Crippen LogP contribution < -0.4 is 0 Å². The Morgan fingerprint density at radius 3 is 1.30 bits per heavy atom. The van der Waals surface area contributed by atoms with Gasteiger partial charge in [-0.05, 0) is 46.2 Å². The summed E-state index contributed by atoms with van der Waals surface area (Å²) in [4.78, 5) is 7.72. The largest absolute Gasteiger partial charge is 0.367 e. The van der Waals surface area contributed by atoms with Gasteiger partial charge in [0.1, 0.15) is 13.2 Å². The standard InChI is InChI=1S/C42H40N2O2S/c1-2-16-28-46-34-42(38-23-13-6-14-24-38)44(30-36-19-9-4-10-20-36)32-40-26-25-39(47-40)31-43(29-35-17-7-3-8-18-35)41(33-45-27-15-1)37-21-11-5-12-22-37/h3-14,17-26,41-42H,27-34H2/t41-,42-/m0/s1. The summed E-state index contributed by atoms with van der Waals surface area (Å²) in [6.07, 6.45) is 0. The average Bonchev–Trinajstić information content (AvgIpc) is 3.56. The van der Waals surface area contributed by atoms with Crippen LogP contribution in [-0.4, -0.2) is 36.2 Å². The van der Waals surface area contributed by atoms with E-state index in [0.717, 1.165) is 26.2 Å². The van der Waals surface area contributed by atoms with Gasteiger partial charge in [0.25, 0.3) is 0 Å². The van der Waals surface area contributed by atoms with E-state index in [0.29, 0.717) is 26.4 Å². The fourth-order valence-corrected chi connectivity index (χ4v) is 7.03. The van der Waals surface area contributed by atoms with Gasteiger partial charge in [0, 0.05) is 35.9 Å². The Balaban J connectivity index is 1.35. The summed E-state index contributed by atoms with van der Waals surface area (Å²) in [5.41, 5.74) is 5.02. The van der Waals surface area contributed by atoms with Crippen LogP contribution in [-0.2, 0) is 35.7 Å². The lowest BCUT2D eigenvalue weighted by molar-refractivity contribution is 0.0664. The van der Waals surface area contributed by atoms with Crippen LogP contribution in [0.4, 0.5) is 0 Å². The Labute approximate surface area is 283 Å². The highest BCUT2D eigenvalue weighted by atomic mass is 32.1. The molecule has 1 aromatic heterocycles. The summed E-state index contributed by atoms with van der Waals surface area (Å²) in [6, 6.07) is 47.5. The van der Waals surface area contributed by atoms with Crippen LogP contribution in [0.5, 0.6) is 0 Å². The molecule has 0 radical (unpaired) electrons. The molecule has 0 unspecified atom stereocenters. The van der Waals surface area contributed by atoms with E-state index in [1.807, 2.05) is 11.3 Å². The minimum atomic E-state index is 0.0577. The number of hydrogen-bond donors (Lipinski definition) is 0. The lowest BCUT2D eigenvalue weighted by atomic mass is 10.0. The fourth-order valence-electron chi connectivity index (χ4n) is 5.96. The molecule has 5 aromatic rings. The highest BCUT2D eigenvalue weighted by Gasteiger charge is 2.25. The Hall–Kier alpha value is -4.46. The van der Waals surface area contributed by atoms with Crippen LogP contribution in [0.3, 0.4) is 0 Å². The maximum absolute atomic E-state index is 6.19. The van der Waals surface area contributed by atoms with Crippen molar-refractivity contribution in [3.05, 3.63) is 165 Å². The van der Waals surface area contributed by atoms with E-state index in [1.54, 1.807) is 0 Å². The molecular formula is C42H40N2O2S. The number of hydrogen-bond acceptors (Lipinski definition) is 5. The molecule has 0 saturated heterocycles. The molecule has 0 spiro atoms. The highest BCUT2D eigenvalue weighted by molar-refractivity contribution is 7.11. The molecule has 2 atom stereocenters. The van der Waals surface area contributed by atoms with Crippen molar-refractivity contribution in [2.24, 2.45) is 0 Å². The van der Waals surface area contributed by atoms with E-state index in [4.69, 9.17) is 9.47 Å². The van der Waals surface area contributed by atoms with Gasteiger partial charge in [-0.15, -0.1) is 11.3 Å². The number of benzene rings is 4. The molecule has 5 heteroatoms. The van der Waals surface area contributed by atoms with Gasteiger partial charge in [0.15, 0.2) is 0 Å². The lowest BCUT2D eigenvalue weighted by Gasteiger charge is -2.32. The van der Waals surface area contributed by atoms with Crippen molar-refractivity contribution in [2.75, 3.05) is 26.4 Å². The predicted molar refractivity (Wildman–Crippen MR) is 191 cm³/mol. The van der Waals surface area contributed by atoms with E-state index in [1.165, 1.54) is 32.0 Å². The molecule has 1 aliphatic heterocycles. The first-order chi connectivity index (χ1) is 23.3. The second-order valence-electron chi connectivity index (χ2n) is 11.6. The Bertz CT molecular complexity index is 1640. The van der Waals surface area contributed by atoms with E-state index < -0.39 is 0 Å². The van der Waals surface area contributed by atoms with E-state index >= 15 is 0 Å². The van der Waals surface area contributed by atoms with Crippen molar-refractivity contribution in [1.29, 1.82) is 0 Å². The fraction of sp³-hybridized carbons (Fsp3) is 0.238. The third-order valence-electron chi connectivity index (χ3n) is 8.28. The molecule has 4 nitrogen and oxygen atoms in total. The number of nitrogens with zero attached hydrogens (tertiary/aromatic N) is 2. The third-order valence-corrected chi connectivity index (χ3v) is 9.34. The Kier molecular flexibility index (Phi) is 12.1. The van der Waals surface area contributed by atoms with E-state index in [2.05, 4.69) is 167 Å². The van der Waals surface area contributed by atoms with E-state index in [-0.39, 0.29) is 12.1 Å². The number of thiophene rings is 1. The van der Waals surface area contributed by atoms with E-state index in [9.17, 15) is 0 Å². The molecule has 2 heterocycles. The molecule has 0 N–H and O–H groups in total. The van der Waals surface area contributed by atoms with Gasteiger partial charge in [0.05, 0.1) is 25.3 Å². The number of ether oxygens (including phenoxy) is 2. The van der Waals surface area contributed by atoms with Crippen LogP contribution in [0.2, 0.25) is 0 Å². The maximum Gasteiger partial charge on any atom is 0.108 e. The van der Waals surface area contributed by atoms with Crippen molar-refractivity contribution in [1.82, 2.24) is 9.80 Å². The monoisotopic (exact) mass is 636 g/mol. The van der Waals surface area contributed by atoms with Gasteiger partial charge >= 0.3 is 0 Å². The molecule has 1 aliphatic rings. The van der Waals surface area contributed by atoms with Crippen LogP contribution in [0, 0.1) is 23.7 Å². The summed E-state index contributed by atoms with van der Waals surface area (Å²) in [6.45, 7) is 4.95. The number of fused-ring (bicyclic) bond motifs is 2. The normalized spacial score (nSPS) is 18.4. The molecule has 0 amide bonds. The van der Waals surface area contributed by atoms with Gasteiger partial charge in [-0.25, -0.2) is 0 Å². The van der Waals surface area contributed by atoms with Crippen LogP contribution in [0.15, 0.2) is 133 Å². The predicted octanol–water partition coefficient (Wildman–Crippen LogP) is 8.29. The van der Waals surface area contributed by atoms with Crippen molar-refractivity contribution >= 4 is 11.3 Å². The zero-order chi connectivity index (χ0) is 31.9. The molecule has 47 heavy (non-hydrogen) atoms. The minimum absolute atomic E-state index is 0.0577. The van der Waals surface area contributed by atoms with Gasteiger partial charge in [-0.2, -0.15) is 0 Å². The molecule has 236 valence electrons. The highest BCUT2D eigenvalue weighted by Crippen LogP contribution is 2.31. The van der Waals surface area contributed by atoms with Gasteiger partial charge < -0.3 is 9.47 Å². The summed E-state index contributed by atoms with van der Waals surface area (Å²) in [5.74, 6) is 12.1. The quantitative estimate of drug-likeness (QED) is 0.175. The summed E-state index contributed by atoms with van der Waals surface area (Å²) >= 11 is 1.89. The molecule has 2 bridgehead atoms. The zero-order valence-corrected chi connectivity index (χ0v) is 27.4. The number of rotatable bonds is 6. The third kappa shape index (κ3) is 9.77. The van der Waals surface area contributed by atoms with Crippen LogP contribution >= 0.6 is 11.3 Å². The lowest BCUT2D eigenvalue weighted by Crippen LogP contribution is -2.31. The van der Waals surface area contributed by atoms with Crippen LogP contribution in [0.25, 0.3) is 0 Å². The first kappa shape index (κ1) is 32.5. The molecule has 4 aromatic carbocycles. The van der Waals surface area contributed by atoms with Gasteiger partial charge in [-0.1, -0.05) is 133 Å². The minimum Gasteiger partial charge on any atom is -0.367 e. The molecule has 0 saturated carbocycles. The SMILES string of the molecule is C1#CCOC[C@@H](c2ccccc2)N(Cc2ccccc2)Cc2ccc(s2)CN(Cc2ccccc2)[C@H](c2ccccc2)COCC#C1. The first-order valence-electron chi connectivity index (χ1n) is 16.2. The smallest absolute Gasteiger partial charge is 0.108 e. The zero-order valence-electron chi connectivity index (χ0n) is 26.6. The molecule has 0 fully saturated rings. The van der Waals surface area contributed by atoms with Gasteiger partial charge in [-0.3, -0.25) is 9.80 Å². The molecular weight excluding hydrogens is 597 g/mol. The summed E-state index contributed by atoms with van der Waals surface area (Å²) in [7, 11) is 0. The average molecular weight is 637 g/mol. The second kappa shape index (κ2) is 17.5. The topological polar surface area (TPSA) is 24.9 Å². The Morgan fingerprint density at radius 2 is 0.894 bits per heavy atom. The molecule has 6 rings (SSSR count). The second-order valence-corrected chi connectivity index (χ2v) is 12.9. The molecule has 0 aliphatic carbocycles. The van der Waals surface area contributed by atoms with Crippen molar-refractivity contribution in [3.8, 4) is 23.7 Å². The summed E-state index contributed by atoms with van der Waals surface area (Å²) in [5, 5.41) is 0. The van der Waals surface area contributed by atoms with Gasteiger partial charge in [0.2, 0.25) is 0 Å². The first-order valence-corrected chi connectivity index (χ1v) is 17.0. The summed E-state index contributed by atoms with van der Waals surface area (Å²) < 4.78 is 12.4. The van der Waals surface area contributed by atoms with Crippen molar-refractivity contribution < 1.29 is 9.47 Å². The maximum atomic E-state index is 6.19. The van der Waals surface area contributed by atoms with Crippen LogP contribution in [0.1, 0.15) is 44.1 Å². The Morgan fingerprint density at radius 1 is 0.511 bits per heavy atom.